The molecule has 5 N–H and O–H groups in total. The van der Waals surface area contributed by atoms with Gasteiger partial charge in [-0.15, -0.1) is 0 Å². The molecule has 0 aromatic carbocycles. The van der Waals surface area contributed by atoms with Crippen LogP contribution in [0.25, 0.3) is 5.52 Å². The second-order valence-corrected chi connectivity index (χ2v) is 6.69. The molecule has 1 aliphatic heterocycles. The van der Waals surface area contributed by atoms with Gasteiger partial charge < -0.3 is 30.8 Å². The van der Waals surface area contributed by atoms with E-state index in [0.29, 0.717) is 17.6 Å². The van der Waals surface area contributed by atoms with Gasteiger partial charge in [-0.1, -0.05) is 13.8 Å². The van der Waals surface area contributed by atoms with Gasteiger partial charge in [0.2, 0.25) is 0 Å². The van der Waals surface area contributed by atoms with Crippen LogP contribution in [0, 0.1) is 11.3 Å². The van der Waals surface area contributed by atoms with Gasteiger partial charge in [0.15, 0.2) is 11.4 Å². The molecule has 3 rings (SSSR count). The van der Waals surface area contributed by atoms with Crippen molar-refractivity contribution in [3.8, 4) is 0 Å². The van der Waals surface area contributed by atoms with Gasteiger partial charge in [0.1, 0.15) is 36.8 Å². The number of aliphatic hydroxyl groups excluding tert-OH is 2. The van der Waals surface area contributed by atoms with Crippen LogP contribution in [-0.4, -0.2) is 61.4 Å². The number of esters is 1. The quantitative estimate of drug-likeness (QED) is 0.407. The van der Waals surface area contributed by atoms with Crippen molar-refractivity contribution in [2.24, 2.45) is 5.92 Å². The second-order valence-electron chi connectivity index (χ2n) is 6.69. The monoisotopic (exact) mass is 377 g/mol. The SMILES string of the molecule is CC[C@@H](C)C(=O)OC[C@@]1(C=N)O[C@@H](c2ccc3c(N)ncnn23)[C@H](O)[C@@H]1O. The first-order valence-electron chi connectivity index (χ1n) is 8.65. The lowest BCUT2D eigenvalue weighted by molar-refractivity contribution is -0.157. The Kier molecular flexibility index (Phi) is 5.13. The second kappa shape index (κ2) is 7.22. The molecule has 0 unspecified atom stereocenters. The summed E-state index contributed by atoms with van der Waals surface area (Å²) in [5.74, 6) is -0.521. The van der Waals surface area contributed by atoms with Gasteiger partial charge >= 0.3 is 5.97 Å². The van der Waals surface area contributed by atoms with Gasteiger partial charge in [-0.3, -0.25) is 4.79 Å². The van der Waals surface area contributed by atoms with Crippen LogP contribution in [0.2, 0.25) is 0 Å². The number of aliphatic hydroxyl groups is 2. The molecule has 0 aliphatic carbocycles. The number of carbonyl (C=O) groups is 1. The van der Waals surface area contributed by atoms with Crippen LogP contribution in [0.5, 0.6) is 0 Å². The van der Waals surface area contributed by atoms with Crippen LogP contribution in [-0.2, 0) is 14.3 Å². The van der Waals surface area contributed by atoms with E-state index in [4.69, 9.17) is 20.6 Å². The Bertz CT molecular complexity index is 855. The normalized spacial score (nSPS) is 29.0. The molecule has 2 aromatic heterocycles. The number of nitrogen functional groups attached to an aromatic ring is 1. The number of ether oxygens (including phenoxy) is 2. The highest BCUT2D eigenvalue weighted by Crippen LogP contribution is 2.40. The Morgan fingerprint density at radius 3 is 2.96 bits per heavy atom. The fourth-order valence-electron chi connectivity index (χ4n) is 3.03. The Morgan fingerprint density at radius 2 is 2.30 bits per heavy atom. The van der Waals surface area contributed by atoms with Gasteiger partial charge in [0.05, 0.1) is 11.6 Å². The van der Waals surface area contributed by atoms with Crippen LogP contribution >= 0.6 is 0 Å². The summed E-state index contributed by atoms with van der Waals surface area (Å²) in [5.41, 5.74) is 5.11. The van der Waals surface area contributed by atoms with Crippen molar-refractivity contribution in [2.75, 3.05) is 12.3 Å². The minimum Gasteiger partial charge on any atom is -0.462 e. The summed E-state index contributed by atoms with van der Waals surface area (Å²) in [4.78, 5) is 15.9. The predicted octanol–water partition coefficient (Wildman–Crippen LogP) is 0.0823. The number of rotatable bonds is 6. The molecule has 10 heteroatoms. The predicted molar refractivity (Wildman–Crippen MR) is 95.2 cm³/mol. The maximum Gasteiger partial charge on any atom is 0.308 e. The molecule has 3 heterocycles. The van der Waals surface area contributed by atoms with Crippen molar-refractivity contribution in [2.45, 2.75) is 44.2 Å². The van der Waals surface area contributed by atoms with E-state index < -0.39 is 29.9 Å². The molecular formula is C17H23N5O5. The molecule has 0 spiro atoms. The fourth-order valence-corrected chi connectivity index (χ4v) is 3.03. The standard InChI is InChI=1S/C17H23N5O5/c1-3-9(2)16(25)26-7-17(6-18)14(24)12(23)13(27-17)10-4-5-11-15(19)20-8-21-22(10)11/h4-6,8-9,12-14,18,23-24H,3,7H2,1-2H3,(H2,19,20,21)/t9-,12+,13+,14+,17-/m1/s1. The smallest absolute Gasteiger partial charge is 0.308 e. The number of hydrogen-bond acceptors (Lipinski definition) is 9. The van der Waals surface area contributed by atoms with E-state index in [-0.39, 0.29) is 18.3 Å². The lowest BCUT2D eigenvalue weighted by Gasteiger charge is -2.27. The highest BCUT2D eigenvalue weighted by Gasteiger charge is 2.55. The first kappa shape index (κ1) is 19.2. The Labute approximate surface area is 155 Å². The fraction of sp³-hybridized carbons (Fsp3) is 0.529. The summed E-state index contributed by atoms with van der Waals surface area (Å²) in [7, 11) is 0. The zero-order valence-electron chi connectivity index (χ0n) is 15.1. The third-order valence-corrected chi connectivity index (χ3v) is 4.98. The van der Waals surface area contributed by atoms with E-state index in [1.807, 2.05) is 6.92 Å². The lowest BCUT2D eigenvalue weighted by atomic mass is 9.96. The van der Waals surface area contributed by atoms with Crippen molar-refractivity contribution in [1.82, 2.24) is 14.6 Å². The zero-order valence-corrected chi connectivity index (χ0v) is 15.1. The van der Waals surface area contributed by atoms with E-state index in [1.54, 1.807) is 19.1 Å². The summed E-state index contributed by atoms with van der Waals surface area (Å²) >= 11 is 0. The van der Waals surface area contributed by atoms with E-state index in [9.17, 15) is 15.0 Å². The molecule has 1 aliphatic rings. The van der Waals surface area contributed by atoms with Crippen LogP contribution in [0.15, 0.2) is 18.5 Å². The van der Waals surface area contributed by atoms with Gasteiger partial charge in [-0.05, 0) is 18.6 Å². The number of nitrogens with zero attached hydrogens (tertiary/aromatic N) is 3. The maximum absolute atomic E-state index is 12.0. The molecule has 0 saturated carbocycles. The number of carbonyl (C=O) groups excluding carboxylic acids is 1. The third-order valence-electron chi connectivity index (χ3n) is 4.98. The van der Waals surface area contributed by atoms with Crippen LogP contribution in [0.3, 0.4) is 0 Å². The number of aromatic nitrogens is 3. The van der Waals surface area contributed by atoms with E-state index in [0.717, 1.165) is 6.21 Å². The first-order chi connectivity index (χ1) is 12.8. The zero-order chi connectivity index (χ0) is 19.8. The molecule has 10 nitrogen and oxygen atoms in total. The van der Waals surface area contributed by atoms with Crippen molar-refractivity contribution in [3.63, 3.8) is 0 Å². The molecule has 2 aromatic rings. The van der Waals surface area contributed by atoms with Gasteiger partial charge in [0.25, 0.3) is 0 Å². The Hall–Kier alpha value is -2.56. The number of anilines is 1. The Morgan fingerprint density at radius 1 is 1.56 bits per heavy atom. The molecule has 1 fully saturated rings. The van der Waals surface area contributed by atoms with Crippen LogP contribution in [0.4, 0.5) is 5.82 Å². The minimum atomic E-state index is -1.66. The van der Waals surface area contributed by atoms with Crippen molar-refractivity contribution >= 4 is 23.5 Å². The van der Waals surface area contributed by atoms with Crippen molar-refractivity contribution in [1.29, 1.82) is 5.41 Å². The molecule has 1 saturated heterocycles. The molecule has 27 heavy (non-hydrogen) atoms. The lowest BCUT2D eigenvalue weighted by Crippen LogP contribution is -2.49. The van der Waals surface area contributed by atoms with Gasteiger partial charge in [0, 0.05) is 6.21 Å². The number of nitrogens with one attached hydrogen (secondary N) is 1. The molecular weight excluding hydrogens is 354 g/mol. The number of fused-ring (bicyclic) bond motifs is 1. The van der Waals surface area contributed by atoms with Crippen molar-refractivity contribution < 1.29 is 24.5 Å². The summed E-state index contributed by atoms with van der Waals surface area (Å²) in [6.45, 7) is 3.19. The largest absolute Gasteiger partial charge is 0.462 e. The highest BCUT2D eigenvalue weighted by atomic mass is 16.6. The molecule has 146 valence electrons. The molecule has 0 amide bonds. The third kappa shape index (κ3) is 3.15. The maximum atomic E-state index is 12.0. The Balaban J connectivity index is 1.88. The van der Waals surface area contributed by atoms with Crippen LogP contribution in [0.1, 0.15) is 32.1 Å². The van der Waals surface area contributed by atoms with Crippen LogP contribution < -0.4 is 5.73 Å². The summed E-state index contributed by atoms with van der Waals surface area (Å²) in [6.07, 6.45) is -1.11. The van der Waals surface area contributed by atoms with E-state index >= 15 is 0 Å². The van der Waals surface area contributed by atoms with Gasteiger partial charge in [-0.25, -0.2) is 9.50 Å². The molecule has 0 radical (unpaired) electrons. The molecule has 5 atom stereocenters. The topological polar surface area (TPSA) is 156 Å². The summed E-state index contributed by atoms with van der Waals surface area (Å²) in [5, 5.41) is 32.9. The minimum absolute atomic E-state index is 0.255. The van der Waals surface area contributed by atoms with E-state index in [1.165, 1.54) is 10.8 Å². The summed E-state index contributed by atoms with van der Waals surface area (Å²) in [6, 6.07) is 3.31. The molecule has 0 bridgehead atoms. The number of nitrogens with two attached hydrogens (primary N) is 1. The average Bonchev–Trinajstić information content (AvgIpc) is 3.21. The summed E-state index contributed by atoms with van der Waals surface area (Å²) < 4.78 is 12.5. The van der Waals surface area contributed by atoms with Gasteiger partial charge in [-0.2, -0.15) is 5.10 Å². The van der Waals surface area contributed by atoms with E-state index in [2.05, 4.69) is 10.1 Å². The van der Waals surface area contributed by atoms with Crippen molar-refractivity contribution in [3.05, 3.63) is 24.2 Å². The number of hydrogen-bond donors (Lipinski definition) is 4. The average molecular weight is 377 g/mol. The first-order valence-corrected chi connectivity index (χ1v) is 8.65. The highest BCUT2D eigenvalue weighted by molar-refractivity contribution is 5.74.